The SMILES string of the molecule is CC(=O)N1CCCC(c2cc(-c3ccn[nH]3)nc(C)n2)C1. The van der Waals surface area contributed by atoms with Crippen molar-refractivity contribution in [2.24, 2.45) is 0 Å². The van der Waals surface area contributed by atoms with E-state index in [2.05, 4.69) is 20.2 Å². The molecule has 6 nitrogen and oxygen atoms in total. The van der Waals surface area contributed by atoms with Crippen molar-refractivity contribution in [3.05, 3.63) is 29.8 Å². The lowest BCUT2D eigenvalue weighted by atomic mass is 9.94. The number of aromatic nitrogens is 4. The number of amides is 1. The van der Waals surface area contributed by atoms with Crippen molar-refractivity contribution < 1.29 is 4.79 Å². The summed E-state index contributed by atoms with van der Waals surface area (Å²) < 4.78 is 0. The highest BCUT2D eigenvalue weighted by Gasteiger charge is 2.24. The van der Waals surface area contributed by atoms with Crippen LogP contribution in [0.1, 0.15) is 37.2 Å². The van der Waals surface area contributed by atoms with Crippen molar-refractivity contribution in [2.75, 3.05) is 13.1 Å². The van der Waals surface area contributed by atoms with Crippen molar-refractivity contribution in [3.8, 4) is 11.4 Å². The van der Waals surface area contributed by atoms with Crippen LogP contribution in [0.15, 0.2) is 18.3 Å². The fourth-order valence-electron chi connectivity index (χ4n) is 2.84. The van der Waals surface area contributed by atoms with E-state index < -0.39 is 0 Å². The zero-order valence-corrected chi connectivity index (χ0v) is 12.3. The van der Waals surface area contributed by atoms with Gasteiger partial charge < -0.3 is 4.90 Å². The molecule has 1 atom stereocenters. The Morgan fingerprint density at radius 1 is 1.43 bits per heavy atom. The van der Waals surface area contributed by atoms with Crippen LogP contribution in [0.25, 0.3) is 11.4 Å². The Kier molecular flexibility index (Phi) is 3.68. The van der Waals surface area contributed by atoms with E-state index in [1.165, 1.54) is 0 Å². The summed E-state index contributed by atoms with van der Waals surface area (Å²) in [7, 11) is 0. The van der Waals surface area contributed by atoms with Crippen LogP contribution in [0.5, 0.6) is 0 Å². The zero-order valence-electron chi connectivity index (χ0n) is 12.3. The van der Waals surface area contributed by atoms with Gasteiger partial charge in [-0.25, -0.2) is 9.97 Å². The fourth-order valence-corrected chi connectivity index (χ4v) is 2.84. The Bertz CT molecular complexity index is 638. The summed E-state index contributed by atoms with van der Waals surface area (Å²) in [4.78, 5) is 22.5. The van der Waals surface area contributed by atoms with E-state index in [-0.39, 0.29) is 11.8 Å². The molecule has 0 bridgehead atoms. The molecule has 1 amide bonds. The molecular formula is C15H19N5O. The van der Waals surface area contributed by atoms with Gasteiger partial charge in [0.05, 0.1) is 11.4 Å². The zero-order chi connectivity index (χ0) is 14.8. The maximum absolute atomic E-state index is 11.6. The number of H-pyrrole nitrogens is 1. The van der Waals surface area contributed by atoms with Crippen LogP contribution in [0, 0.1) is 6.92 Å². The number of carbonyl (C=O) groups is 1. The number of nitrogens with one attached hydrogen (secondary N) is 1. The molecule has 0 aliphatic carbocycles. The minimum Gasteiger partial charge on any atom is -0.342 e. The van der Waals surface area contributed by atoms with E-state index in [1.807, 2.05) is 24.0 Å². The van der Waals surface area contributed by atoms with Crippen LogP contribution in [0.3, 0.4) is 0 Å². The molecule has 2 aromatic heterocycles. The Morgan fingerprint density at radius 3 is 3.00 bits per heavy atom. The first kappa shape index (κ1) is 13.7. The molecule has 1 aliphatic heterocycles. The maximum atomic E-state index is 11.6. The molecule has 0 saturated carbocycles. The molecular weight excluding hydrogens is 266 g/mol. The molecule has 1 fully saturated rings. The molecule has 1 unspecified atom stereocenters. The molecule has 6 heteroatoms. The molecule has 1 N–H and O–H groups in total. The minimum atomic E-state index is 0.138. The molecule has 21 heavy (non-hydrogen) atoms. The molecule has 1 aliphatic rings. The van der Waals surface area contributed by atoms with Gasteiger partial charge in [-0.15, -0.1) is 0 Å². The highest BCUT2D eigenvalue weighted by molar-refractivity contribution is 5.73. The monoisotopic (exact) mass is 285 g/mol. The van der Waals surface area contributed by atoms with E-state index in [4.69, 9.17) is 0 Å². The molecule has 0 spiro atoms. The van der Waals surface area contributed by atoms with Gasteiger partial charge in [0.25, 0.3) is 0 Å². The van der Waals surface area contributed by atoms with Crippen molar-refractivity contribution >= 4 is 5.91 Å². The third-order valence-electron chi connectivity index (χ3n) is 3.92. The van der Waals surface area contributed by atoms with Crippen LogP contribution in [0.2, 0.25) is 0 Å². The summed E-state index contributed by atoms with van der Waals surface area (Å²) >= 11 is 0. The lowest BCUT2D eigenvalue weighted by Crippen LogP contribution is -2.37. The van der Waals surface area contributed by atoms with Gasteiger partial charge in [0, 0.05) is 37.8 Å². The third kappa shape index (κ3) is 2.94. The molecule has 3 heterocycles. The Morgan fingerprint density at radius 2 is 2.29 bits per heavy atom. The number of hydrogen-bond donors (Lipinski definition) is 1. The fraction of sp³-hybridized carbons (Fsp3) is 0.467. The number of hydrogen-bond acceptors (Lipinski definition) is 4. The van der Waals surface area contributed by atoms with Crippen LogP contribution in [-0.2, 0) is 4.79 Å². The third-order valence-corrected chi connectivity index (χ3v) is 3.92. The van der Waals surface area contributed by atoms with E-state index in [9.17, 15) is 4.79 Å². The Balaban J connectivity index is 1.90. The highest BCUT2D eigenvalue weighted by atomic mass is 16.2. The van der Waals surface area contributed by atoms with E-state index in [0.717, 1.165) is 48.8 Å². The number of piperidine rings is 1. The molecule has 1 saturated heterocycles. The largest absolute Gasteiger partial charge is 0.342 e. The average molecular weight is 285 g/mol. The minimum absolute atomic E-state index is 0.138. The Labute approximate surface area is 123 Å². The second-order valence-electron chi connectivity index (χ2n) is 5.50. The van der Waals surface area contributed by atoms with Gasteiger partial charge in [-0.3, -0.25) is 9.89 Å². The second-order valence-corrected chi connectivity index (χ2v) is 5.50. The van der Waals surface area contributed by atoms with E-state index in [0.29, 0.717) is 0 Å². The topological polar surface area (TPSA) is 74.8 Å². The standard InChI is InChI=1S/C15H19N5O/c1-10-17-14(8-15(18-10)13-5-6-16-19-13)12-4-3-7-20(9-12)11(2)21/h5-6,8,12H,3-4,7,9H2,1-2H3,(H,16,19). The summed E-state index contributed by atoms with van der Waals surface area (Å²) in [5.41, 5.74) is 2.76. The van der Waals surface area contributed by atoms with Gasteiger partial charge in [0.15, 0.2) is 0 Å². The summed E-state index contributed by atoms with van der Waals surface area (Å²) in [5, 5.41) is 6.90. The Hall–Kier alpha value is -2.24. The normalized spacial score (nSPS) is 18.8. The summed E-state index contributed by atoms with van der Waals surface area (Å²) in [6.45, 7) is 5.12. The summed E-state index contributed by atoms with van der Waals surface area (Å²) in [6, 6.07) is 3.91. The van der Waals surface area contributed by atoms with E-state index >= 15 is 0 Å². The number of carbonyl (C=O) groups excluding carboxylic acids is 1. The average Bonchev–Trinajstić information content (AvgIpc) is 3.01. The van der Waals surface area contributed by atoms with E-state index in [1.54, 1.807) is 13.1 Å². The van der Waals surface area contributed by atoms with Crippen molar-refractivity contribution in [2.45, 2.75) is 32.6 Å². The molecule has 3 rings (SSSR count). The van der Waals surface area contributed by atoms with Crippen molar-refractivity contribution in [3.63, 3.8) is 0 Å². The predicted molar refractivity (Wildman–Crippen MR) is 78.6 cm³/mol. The molecule has 0 radical (unpaired) electrons. The first-order valence-electron chi connectivity index (χ1n) is 7.24. The molecule has 0 aromatic carbocycles. The number of likely N-dealkylation sites (tertiary alicyclic amines) is 1. The first-order valence-corrected chi connectivity index (χ1v) is 7.24. The van der Waals surface area contributed by atoms with Gasteiger partial charge in [0.1, 0.15) is 5.82 Å². The molecule has 110 valence electrons. The van der Waals surface area contributed by atoms with Crippen molar-refractivity contribution in [1.82, 2.24) is 25.1 Å². The first-order chi connectivity index (χ1) is 10.1. The number of aryl methyl sites for hydroxylation is 1. The second kappa shape index (κ2) is 5.63. The van der Waals surface area contributed by atoms with Gasteiger partial charge in [-0.2, -0.15) is 5.10 Å². The highest BCUT2D eigenvalue weighted by Crippen LogP contribution is 2.27. The number of nitrogens with zero attached hydrogens (tertiary/aromatic N) is 4. The quantitative estimate of drug-likeness (QED) is 0.914. The van der Waals surface area contributed by atoms with Gasteiger partial charge in [-0.05, 0) is 31.9 Å². The van der Waals surface area contributed by atoms with Crippen LogP contribution >= 0.6 is 0 Å². The van der Waals surface area contributed by atoms with Crippen molar-refractivity contribution in [1.29, 1.82) is 0 Å². The van der Waals surface area contributed by atoms with Gasteiger partial charge in [-0.1, -0.05) is 0 Å². The summed E-state index contributed by atoms with van der Waals surface area (Å²) in [5.74, 6) is 1.17. The van der Waals surface area contributed by atoms with Gasteiger partial charge in [0.2, 0.25) is 5.91 Å². The van der Waals surface area contributed by atoms with Gasteiger partial charge >= 0.3 is 0 Å². The maximum Gasteiger partial charge on any atom is 0.219 e. The van der Waals surface area contributed by atoms with Crippen LogP contribution < -0.4 is 0 Å². The smallest absolute Gasteiger partial charge is 0.219 e. The number of rotatable bonds is 2. The summed E-state index contributed by atoms with van der Waals surface area (Å²) in [6.07, 6.45) is 3.79. The predicted octanol–water partition coefficient (Wildman–Crippen LogP) is 1.90. The lowest BCUT2D eigenvalue weighted by Gasteiger charge is -2.31. The number of aromatic amines is 1. The van der Waals surface area contributed by atoms with Crippen LogP contribution in [0.4, 0.5) is 0 Å². The lowest BCUT2D eigenvalue weighted by molar-refractivity contribution is -0.130. The molecule has 2 aromatic rings. The van der Waals surface area contributed by atoms with Crippen LogP contribution in [-0.4, -0.2) is 44.1 Å².